The molecular formula is C17H32N2OS. The van der Waals surface area contributed by atoms with Crippen molar-refractivity contribution in [1.82, 2.24) is 10.2 Å². The van der Waals surface area contributed by atoms with Crippen molar-refractivity contribution in [2.75, 3.05) is 18.6 Å². The summed E-state index contributed by atoms with van der Waals surface area (Å²) < 4.78 is 0. The molecule has 2 aliphatic rings. The van der Waals surface area contributed by atoms with Gasteiger partial charge in [-0.1, -0.05) is 39.5 Å². The van der Waals surface area contributed by atoms with Crippen molar-refractivity contribution in [2.24, 2.45) is 11.8 Å². The van der Waals surface area contributed by atoms with Crippen molar-refractivity contribution < 1.29 is 4.79 Å². The van der Waals surface area contributed by atoms with E-state index in [1.807, 2.05) is 11.8 Å². The third-order valence-electron chi connectivity index (χ3n) is 4.94. The number of amides is 1. The molecule has 1 saturated heterocycles. The van der Waals surface area contributed by atoms with Gasteiger partial charge in [-0.15, -0.1) is 0 Å². The van der Waals surface area contributed by atoms with E-state index in [-0.39, 0.29) is 6.04 Å². The lowest BCUT2D eigenvalue weighted by molar-refractivity contribution is -0.131. The van der Waals surface area contributed by atoms with Crippen molar-refractivity contribution in [2.45, 2.75) is 71.0 Å². The van der Waals surface area contributed by atoms with Crippen molar-refractivity contribution in [3.8, 4) is 0 Å². The van der Waals surface area contributed by atoms with E-state index in [2.05, 4.69) is 30.3 Å². The predicted molar refractivity (Wildman–Crippen MR) is 91.5 cm³/mol. The Morgan fingerprint density at radius 3 is 2.71 bits per heavy atom. The summed E-state index contributed by atoms with van der Waals surface area (Å²) in [5, 5.41) is 3.68. The lowest BCUT2D eigenvalue weighted by atomic mass is 10.0. The summed E-state index contributed by atoms with van der Waals surface area (Å²) in [4.78, 5) is 15.0. The first kappa shape index (κ1) is 17.1. The molecule has 2 rings (SSSR count). The van der Waals surface area contributed by atoms with Crippen LogP contribution in [0.1, 0.15) is 58.8 Å². The minimum absolute atomic E-state index is 0.0806. The molecule has 4 heteroatoms. The minimum Gasteiger partial charge on any atom is -0.325 e. The second-order valence-corrected chi connectivity index (χ2v) is 7.81. The fraction of sp³-hybridized carbons (Fsp3) is 0.941. The third kappa shape index (κ3) is 4.38. The summed E-state index contributed by atoms with van der Waals surface area (Å²) in [7, 11) is 0. The molecule has 21 heavy (non-hydrogen) atoms. The first-order valence-electron chi connectivity index (χ1n) is 8.72. The van der Waals surface area contributed by atoms with Gasteiger partial charge in [0.05, 0.1) is 12.2 Å². The Morgan fingerprint density at radius 2 is 2.10 bits per heavy atom. The molecular weight excluding hydrogens is 280 g/mol. The minimum atomic E-state index is 0.0806. The molecule has 0 aromatic heterocycles. The number of carbonyl (C=O) groups is 1. The van der Waals surface area contributed by atoms with E-state index in [4.69, 9.17) is 0 Å². The summed E-state index contributed by atoms with van der Waals surface area (Å²) in [5.41, 5.74) is 0. The molecule has 0 spiro atoms. The summed E-state index contributed by atoms with van der Waals surface area (Å²) in [6, 6.07) is 0.0806. The van der Waals surface area contributed by atoms with Crippen LogP contribution in [0.25, 0.3) is 0 Å². The molecule has 1 aliphatic carbocycles. The Kier molecular flexibility index (Phi) is 6.87. The highest BCUT2D eigenvalue weighted by atomic mass is 32.2. The fourth-order valence-corrected chi connectivity index (χ4v) is 4.53. The zero-order valence-corrected chi connectivity index (χ0v) is 14.8. The van der Waals surface area contributed by atoms with Crippen LogP contribution < -0.4 is 5.32 Å². The van der Waals surface area contributed by atoms with Gasteiger partial charge in [0.1, 0.15) is 0 Å². The van der Waals surface area contributed by atoms with Gasteiger partial charge in [-0.2, -0.15) is 11.8 Å². The maximum Gasteiger partial charge on any atom is 0.241 e. The lowest BCUT2D eigenvalue weighted by Gasteiger charge is -2.31. The lowest BCUT2D eigenvalue weighted by Crippen LogP contribution is -2.44. The first-order valence-corrected chi connectivity index (χ1v) is 10.1. The van der Waals surface area contributed by atoms with Crippen LogP contribution in [0.4, 0.5) is 0 Å². The Bertz CT molecular complexity index is 331. The molecule has 1 aliphatic heterocycles. The molecule has 122 valence electrons. The molecule has 0 aromatic carbocycles. The van der Waals surface area contributed by atoms with Gasteiger partial charge in [0.15, 0.2) is 0 Å². The second kappa shape index (κ2) is 8.42. The number of carbonyl (C=O) groups excluding carboxylic acids is 1. The second-order valence-electron chi connectivity index (χ2n) is 6.90. The van der Waals surface area contributed by atoms with E-state index in [0.29, 0.717) is 23.9 Å². The molecule has 0 bridgehead atoms. The molecule has 0 aromatic rings. The third-order valence-corrected chi connectivity index (χ3v) is 5.84. The molecule has 0 radical (unpaired) electrons. The van der Waals surface area contributed by atoms with Gasteiger partial charge < -0.3 is 4.90 Å². The fourth-order valence-electron chi connectivity index (χ4n) is 3.86. The molecule has 1 heterocycles. The van der Waals surface area contributed by atoms with Crippen LogP contribution in [-0.2, 0) is 4.79 Å². The highest BCUT2D eigenvalue weighted by Gasteiger charge is 2.42. The average Bonchev–Trinajstić information content (AvgIpc) is 3.07. The van der Waals surface area contributed by atoms with E-state index in [1.54, 1.807) is 0 Å². The van der Waals surface area contributed by atoms with Crippen molar-refractivity contribution in [1.29, 1.82) is 0 Å². The smallest absolute Gasteiger partial charge is 0.241 e. The van der Waals surface area contributed by atoms with Crippen LogP contribution in [0.15, 0.2) is 0 Å². The number of rotatable bonds is 8. The van der Waals surface area contributed by atoms with Crippen LogP contribution in [0.2, 0.25) is 0 Å². The van der Waals surface area contributed by atoms with Crippen molar-refractivity contribution >= 4 is 17.7 Å². The molecule has 1 N–H and O–H groups in total. The van der Waals surface area contributed by atoms with Gasteiger partial charge >= 0.3 is 0 Å². The maximum absolute atomic E-state index is 12.8. The monoisotopic (exact) mass is 312 g/mol. The van der Waals surface area contributed by atoms with Gasteiger partial charge in [-0.25, -0.2) is 0 Å². The van der Waals surface area contributed by atoms with Crippen molar-refractivity contribution in [3.05, 3.63) is 0 Å². The standard InChI is InChI=1S/C17H32N2OS/c1-4-5-10-15-17(20)19(11-13(2)12-21-3)16(18-15)14-8-6-7-9-14/h13-16,18H,4-12H2,1-3H3. The van der Waals surface area contributed by atoms with Crippen LogP contribution >= 0.6 is 11.8 Å². The van der Waals surface area contributed by atoms with E-state index in [1.165, 1.54) is 32.1 Å². The molecule has 2 fully saturated rings. The Labute approximate surface area is 134 Å². The number of nitrogens with one attached hydrogen (secondary N) is 1. The zero-order valence-electron chi connectivity index (χ0n) is 13.9. The Hall–Kier alpha value is -0.220. The number of thioether (sulfide) groups is 1. The number of nitrogens with zero attached hydrogens (tertiary/aromatic N) is 1. The largest absolute Gasteiger partial charge is 0.325 e. The Morgan fingerprint density at radius 1 is 1.38 bits per heavy atom. The molecule has 3 atom stereocenters. The first-order chi connectivity index (χ1) is 10.2. The van der Waals surface area contributed by atoms with E-state index >= 15 is 0 Å². The molecule has 3 unspecified atom stereocenters. The van der Waals surface area contributed by atoms with E-state index in [0.717, 1.165) is 25.1 Å². The van der Waals surface area contributed by atoms with Gasteiger partial charge in [0, 0.05) is 6.54 Å². The van der Waals surface area contributed by atoms with E-state index in [9.17, 15) is 4.79 Å². The SMILES string of the molecule is CCCCC1NC(C2CCCC2)N(CC(C)CSC)C1=O. The predicted octanol–water partition coefficient (Wildman–Crippen LogP) is 3.49. The molecule has 1 amide bonds. The highest BCUT2D eigenvalue weighted by molar-refractivity contribution is 7.98. The Balaban J connectivity index is 2.01. The van der Waals surface area contributed by atoms with Gasteiger partial charge in [0.2, 0.25) is 5.91 Å². The van der Waals surface area contributed by atoms with Crippen LogP contribution in [0, 0.1) is 11.8 Å². The van der Waals surface area contributed by atoms with Gasteiger partial charge in [-0.3, -0.25) is 10.1 Å². The van der Waals surface area contributed by atoms with Crippen molar-refractivity contribution in [3.63, 3.8) is 0 Å². The highest BCUT2D eigenvalue weighted by Crippen LogP contribution is 2.33. The maximum atomic E-state index is 12.8. The topological polar surface area (TPSA) is 32.3 Å². The number of hydrogen-bond donors (Lipinski definition) is 1. The quantitative estimate of drug-likeness (QED) is 0.744. The summed E-state index contributed by atoms with van der Waals surface area (Å²) in [5.74, 6) is 2.77. The normalized spacial score (nSPS) is 28.5. The number of hydrogen-bond acceptors (Lipinski definition) is 3. The summed E-state index contributed by atoms with van der Waals surface area (Å²) in [6.45, 7) is 5.40. The van der Waals surface area contributed by atoms with Crippen LogP contribution in [-0.4, -0.2) is 41.6 Å². The van der Waals surface area contributed by atoms with Gasteiger partial charge in [0.25, 0.3) is 0 Å². The molecule has 3 nitrogen and oxygen atoms in total. The number of unbranched alkanes of at least 4 members (excludes halogenated alkanes) is 1. The summed E-state index contributed by atoms with van der Waals surface area (Å²) >= 11 is 1.88. The van der Waals surface area contributed by atoms with Crippen LogP contribution in [0.5, 0.6) is 0 Å². The summed E-state index contributed by atoms with van der Waals surface area (Å²) in [6.07, 6.45) is 11.0. The van der Waals surface area contributed by atoms with Crippen LogP contribution in [0.3, 0.4) is 0 Å². The zero-order chi connectivity index (χ0) is 15.2. The van der Waals surface area contributed by atoms with E-state index < -0.39 is 0 Å². The average molecular weight is 313 g/mol. The van der Waals surface area contributed by atoms with Gasteiger partial charge in [-0.05, 0) is 43.1 Å². The molecule has 1 saturated carbocycles.